The summed E-state index contributed by atoms with van der Waals surface area (Å²) in [6.07, 6.45) is 0. The second-order valence-corrected chi connectivity index (χ2v) is 5.49. The number of benzene rings is 2. The van der Waals surface area contributed by atoms with Crippen LogP contribution in [0, 0.1) is 10.1 Å². The van der Waals surface area contributed by atoms with Gasteiger partial charge in [-0.2, -0.15) is 0 Å². The maximum Gasteiger partial charge on any atom is 0.337 e. The van der Waals surface area contributed by atoms with E-state index in [4.69, 9.17) is 17.0 Å². The molecule has 0 aliphatic carbocycles. The van der Waals surface area contributed by atoms with Crippen LogP contribution in [0.2, 0.25) is 0 Å². The normalized spacial score (nSPS) is 9.81. The first kappa shape index (κ1) is 19.8. The van der Waals surface area contributed by atoms with Gasteiger partial charge in [0.1, 0.15) is 11.4 Å². The van der Waals surface area contributed by atoms with E-state index < -0.39 is 16.8 Å². The van der Waals surface area contributed by atoms with E-state index in [9.17, 15) is 19.7 Å². The molecule has 0 saturated heterocycles. The molecule has 2 aromatic carbocycles. The summed E-state index contributed by atoms with van der Waals surface area (Å²) in [7, 11) is 1.28. The van der Waals surface area contributed by atoms with Gasteiger partial charge in [0.2, 0.25) is 0 Å². The molecule has 0 atom stereocenters. The molecular formula is C17H15N3O6S. The van der Waals surface area contributed by atoms with E-state index in [0.717, 1.165) is 0 Å². The number of nitro groups is 1. The molecule has 140 valence electrons. The summed E-state index contributed by atoms with van der Waals surface area (Å²) in [5, 5.41) is 15.8. The Morgan fingerprint density at radius 1 is 1.15 bits per heavy atom. The number of anilines is 1. The van der Waals surface area contributed by atoms with E-state index in [1.54, 1.807) is 6.07 Å². The van der Waals surface area contributed by atoms with Gasteiger partial charge in [-0.15, -0.1) is 0 Å². The van der Waals surface area contributed by atoms with Crippen molar-refractivity contribution in [2.45, 2.75) is 0 Å². The first-order valence-electron chi connectivity index (χ1n) is 7.56. The summed E-state index contributed by atoms with van der Waals surface area (Å²) in [6, 6.07) is 11.9. The van der Waals surface area contributed by atoms with Gasteiger partial charge in [0, 0.05) is 6.07 Å². The van der Waals surface area contributed by atoms with Crippen LogP contribution in [0.3, 0.4) is 0 Å². The third-order valence-corrected chi connectivity index (χ3v) is 3.45. The van der Waals surface area contributed by atoms with Gasteiger partial charge in [-0.25, -0.2) is 4.79 Å². The number of amides is 1. The van der Waals surface area contributed by atoms with Crippen LogP contribution in [0.4, 0.5) is 11.4 Å². The van der Waals surface area contributed by atoms with Crippen molar-refractivity contribution in [3.05, 3.63) is 64.2 Å². The highest BCUT2D eigenvalue weighted by molar-refractivity contribution is 7.80. The molecule has 0 radical (unpaired) electrons. The topological polar surface area (TPSA) is 120 Å². The smallest absolute Gasteiger partial charge is 0.337 e. The minimum atomic E-state index is -0.562. The van der Waals surface area contributed by atoms with Crippen LogP contribution in [0.15, 0.2) is 48.5 Å². The molecule has 10 heteroatoms. The molecule has 0 saturated carbocycles. The van der Waals surface area contributed by atoms with Crippen molar-refractivity contribution >= 4 is 40.6 Å². The number of rotatable bonds is 6. The number of ether oxygens (including phenoxy) is 2. The third kappa shape index (κ3) is 5.75. The molecule has 1 amide bonds. The predicted octanol–water partition coefficient (Wildman–Crippen LogP) is 2.27. The van der Waals surface area contributed by atoms with Crippen molar-refractivity contribution in [3.63, 3.8) is 0 Å². The van der Waals surface area contributed by atoms with Gasteiger partial charge in [0.05, 0.1) is 17.6 Å². The number of thiocarbonyl (C=S) groups is 1. The highest BCUT2D eigenvalue weighted by Crippen LogP contribution is 2.22. The van der Waals surface area contributed by atoms with Crippen molar-refractivity contribution in [1.29, 1.82) is 0 Å². The average Bonchev–Trinajstić information content (AvgIpc) is 2.66. The number of methoxy groups -OCH3 is 1. The molecular weight excluding hydrogens is 374 g/mol. The minimum Gasteiger partial charge on any atom is -0.484 e. The fourth-order valence-corrected chi connectivity index (χ4v) is 2.23. The number of nitro benzene ring substituents is 1. The molecule has 0 fully saturated rings. The summed E-state index contributed by atoms with van der Waals surface area (Å²) < 4.78 is 9.87. The number of nitrogens with zero attached hydrogens (tertiary/aromatic N) is 1. The second kappa shape index (κ2) is 9.25. The maximum atomic E-state index is 11.9. The SMILES string of the molecule is COC(=O)c1ccc(OCC(=O)NC(=S)Nc2ccccc2[N+](=O)[O-])cc1. The third-order valence-electron chi connectivity index (χ3n) is 3.25. The molecule has 2 N–H and O–H groups in total. The number of esters is 1. The standard InChI is InChI=1S/C17H15N3O6S/c1-25-16(22)11-6-8-12(9-7-11)26-10-15(21)19-17(27)18-13-4-2-3-5-14(13)20(23)24/h2-9H,10H2,1H3,(H2,18,19,21,27). The highest BCUT2D eigenvalue weighted by atomic mass is 32.1. The van der Waals surface area contributed by atoms with E-state index in [1.807, 2.05) is 0 Å². The lowest BCUT2D eigenvalue weighted by atomic mass is 10.2. The van der Waals surface area contributed by atoms with Crippen molar-refractivity contribution in [1.82, 2.24) is 5.32 Å². The van der Waals surface area contributed by atoms with Crippen LogP contribution >= 0.6 is 12.2 Å². The Morgan fingerprint density at radius 2 is 1.81 bits per heavy atom. The Morgan fingerprint density at radius 3 is 2.44 bits per heavy atom. The van der Waals surface area contributed by atoms with Gasteiger partial charge in [-0.05, 0) is 42.5 Å². The van der Waals surface area contributed by atoms with Crippen LogP contribution in [0.5, 0.6) is 5.75 Å². The van der Waals surface area contributed by atoms with Crippen LogP contribution < -0.4 is 15.4 Å². The molecule has 0 heterocycles. The van der Waals surface area contributed by atoms with E-state index in [0.29, 0.717) is 11.3 Å². The number of carbonyl (C=O) groups is 2. The van der Waals surface area contributed by atoms with E-state index in [2.05, 4.69) is 15.4 Å². The largest absolute Gasteiger partial charge is 0.484 e. The van der Waals surface area contributed by atoms with Gasteiger partial charge in [-0.3, -0.25) is 20.2 Å². The Hall–Kier alpha value is -3.53. The van der Waals surface area contributed by atoms with Crippen molar-refractivity contribution < 1.29 is 24.0 Å². The molecule has 27 heavy (non-hydrogen) atoms. The number of hydrogen-bond donors (Lipinski definition) is 2. The Kier molecular flexibility index (Phi) is 6.78. The van der Waals surface area contributed by atoms with Crippen molar-refractivity contribution in [2.24, 2.45) is 0 Å². The summed E-state index contributed by atoms with van der Waals surface area (Å²) in [4.78, 5) is 33.6. The lowest BCUT2D eigenvalue weighted by molar-refractivity contribution is -0.383. The zero-order chi connectivity index (χ0) is 19.8. The van der Waals surface area contributed by atoms with Crippen LogP contribution in [0.25, 0.3) is 0 Å². The fourth-order valence-electron chi connectivity index (χ4n) is 2.01. The van der Waals surface area contributed by atoms with E-state index in [-0.39, 0.29) is 23.1 Å². The van der Waals surface area contributed by atoms with Gasteiger partial charge >= 0.3 is 5.97 Å². The molecule has 0 bridgehead atoms. The highest BCUT2D eigenvalue weighted by Gasteiger charge is 2.14. The number of nitrogens with one attached hydrogen (secondary N) is 2. The minimum absolute atomic E-state index is 0.0982. The van der Waals surface area contributed by atoms with Gasteiger partial charge in [-0.1, -0.05) is 12.1 Å². The van der Waals surface area contributed by atoms with Gasteiger partial charge in [0.25, 0.3) is 11.6 Å². The summed E-state index contributed by atoms with van der Waals surface area (Å²) in [5.41, 5.74) is 0.340. The molecule has 0 aromatic heterocycles. The molecule has 2 rings (SSSR count). The van der Waals surface area contributed by atoms with E-state index in [1.165, 1.54) is 49.6 Å². The molecule has 0 unspecified atom stereocenters. The predicted molar refractivity (Wildman–Crippen MR) is 101 cm³/mol. The Bertz CT molecular complexity index is 869. The lowest BCUT2D eigenvalue weighted by Crippen LogP contribution is -2.37. The van der Waals surface area contributed by atoms with Gasteiger partial charge < -0.3 is 14.8 Å². The Balaban J connectivity index is 1.86. The Labute approximate surface area is 159 Å². The fraction of sp³-hybridized carbons (Fsp3) is 0.118. The van der Waals surface area contributed by atoms with Crippen LogP contribution in [-0.2, 0) is 9.53 Å². The lowest BCUT2D eigenvalue weighted by Gasteiger charge is -2.10. The molecule has 0 spiro atoms. The second-order valence-electron chi connectivity index (χ2n) is 5.08. The monoisotopic (exact) mass is 389 g/mol. The van der Waals surface area contributed by atoms with Crippen molar-refractivity contribution in [2.75, 3.05) is 19.0 Å². The molecule has 0 aliphatic rings. The molecule has 9 nitrogen and oxygen atoms in total. The van der Waals surface area contributed by atoms with Crippen molar-refractivity contribution in [3.8, 4) is 5.75 Å². The first-order chi connectivity index (χ1) is 12.9. The van der Waals surface area contributed by atoms with Crippen LogP contribution in [0.1, 0.15) is 10.4 Å². The maximum absolute atomic E-state index is 11.9. The molecule has 0 aliphatic heterocycles. The average molecular weight is 389 g/mol. The quantitative estimate of drug-likeness (QED) is 0.334. The number of hydrogen-bond acceptors (Lipinski definition) is 7. The summed E-state index contributed by atoms with van der Waals surface area (Å²) >= 11 is 4.98. The summed E-state index contributed by atoms with van der Waals surface area (Å²) in [6.45, 7) is -0.337. The zero-order valence-electron chi connectivity index (χ0n) is 14.1. The first-order valence-corrected chi connectivity index (χ1v) is 7.97. The van der Waals surface area contributed by atoms with Crippen LogP contribution in [-0.4, -0.2) is 35.6 Å². The summed E-state index contributed by atoms with van der Waals surface area (Å²) in [5.74, 6) is -0.663. The number of carbonyl (C=O) groups excluding carboxylic acids is 2. The number of para-hydroxylation sites is 2. The molecule has 2 aromatic rings. The van der Waals surface area contributed by atoms with Gasteiger partial charge in [0.15, 0.2) is 11.7 Å². The van der Waals surface area contributed by atoms with E-state index >= 15 is 0 Å². The zero-order valence-corrected chi connectivity index (χ0v) is 14.9.